The van der Waals surface area contributed by atoms with E-state index in [2.05, 4.69) is 15.3 Å². The summed E-state index contributed by atoms with van der Waals surface area (Å²) in [5.74, 6) is 0.863. The molecule has 1 amide bonds. The highest BCUT2D eigenvalue weighted by molar-refractivity contribution is 5.96. The van der Waals surface area contributed by atoms with E-state index in [0.717, 1.165) is 16.7 Å². The number of amides is 1. The van der Waals surface area contributed by atoms with Crippen molar-refractivity contribution in [2.24, 2.45) is 0 Å². The zero-order chi connectivity index (χ0) is 21.2. The Bertz CT molecular complexity index is 973. The number of rotatable bonds is 10. The molecule has 3 rings (SSSR count). The number of benzene rings is 1. The van der Waals surface area contributed by atoms with Crippen LogP contribution < -0.4 is 10.1 Å². The molecule has 6 heteroatoms. The van der Waals surface area contributed by atoms with E-state index in [1.54, 1.807) is 30.7 Å². The summed E-state index contributed by atoms with van der Waals surface area (Å²) in [4.78, 5) is 32.7. The molecule has 0 bridgehead atoms. The minimum Gasteiger partial charge on any atom is -0.485 e. The van der Waals surface area contributed by atoms with E-state index < -0.39 is 0 Å². The molecule has 1 aromatic carbocycles. The third-order valence-electron chi connectivity index (χ3n) is 4.60. The SMILES string of the molecule is Cc1ccc(C(=O)CCCCC(=O)Nc2ncccc2OCc2ccncc2)cc1. The molecule has 1 N–H and O–H groups in total. The van der Waals surface area contributed by atoms with E-state index >= 15 is 0 Å². The van der Waals surface area contributed by atoms with Gasteiger partial charge < -0.3 is 10.1 Å². The first-order valence-electron chi connectivity index (χ1n) is 9.98. The molecular weight excluding hydrogens is 378 g/mol. The maximum absolute atomic E-state index is 12.3. The van der Waals surface area contributed by atoms with Crippen molar-refractivity contribution in [1.82, 2.24) is 9.97 Å². The molecule has 2 heterocycles. The third kappa shape index (κ3) is 6.51. The van der Waals surface area contributed by atoms with Crippen LogP contribution in [0.25, 0.3) is 0 Å². The summed E-state index contributed by atoms with van der Waals surface area (Å²) in [6.45, 7) is 2.35. The highest BCUT2D eigenvalue weighted by Crippen LogP contribution is 2.22. The number of aromatic nitrogens is 2. The number of aryl methyl sites for hydroxylation is 1. The summed E-state index contributed by atoms with van der Waals surface area (Å²) in [5.41, 5.74) is 2.82. The van der Waals surface area contributed by atoms with Crippen LogP contribution in [0.3, 0.4) is 0 Å². The maximum atomic E-state index is 12.3. The van der Waals surface area contributed by atoms with Gasteiger partial charge in [0, 0.05) is 37.0 Å². The first-order chi connectivity index (χ1) is 14.6. The summed E-state index contributed by atoms with van der Waals surface area (Å²) >= 11 is 0. The zero-order valence-corrected chi connectivity index (χ0v) is 17.0. The van der Waals surface area contributed by atoms with Crippen LogP contribution in [-0.2, 0) is 11.4 Å². The predicted octanol–water partition coefficient (Wildman–Crippen LogP) is 4.75. The van der Waals surface area contributed by atoms with Gasteiger partial charge >= 0.3 is 0 Å². The summed E-state index contributed by atoms with van der Waals surface area (Å²) < 4.78 is 5.79. The van der Waals surface area contributed by atoms with Crippen LogP contribution in [0.5, 0.6) is 5.75 Å². The molecule has 0 saturated heterocycles. The molecule has 2 aromatic heterocycles. The van der Waals surface area contributed by atoms with Gasteiger partial charge in [-0.3, -0.25) is 14.6 Å². The van der Waals surface area contributed by atoms with Gasteiger partial charge in [-0.15, -0.1) is 0 Å². The number of anilines is 1. The normalized spacial score (nSPS) is 10.4. The van der Waals surface area contributed by atoms with E-state index in [0.29, 0.717) is 43.9 Å². The molecule has 0 aliphatic heterocycles. The Morgan fingerprint density at radius 1 is 0.933 bits per heavy atom. The number of carbonyl (C=O) groups is 2. The smallest absolute Gasteiger partial charge is 0.225 e. The van der Waals surface area contributed by atoms with Gasteiger partial charge in [0.1, 0.15) is 6.61 Å². The molecule has 3 aromatic rings. The summed E-state index contributed by atoms with van der Waals surface area (Å²) in [6, 6.07) is 14.8. The van der Waals surface area contributed by atoms with E-state index in [-0.39, 0.29) is 11.7 Å². The van der Waals surface area contributed by atoms with Gasteiger partial charge in [0.05, 0.1) is 0 Å². The number of nitrogens with zero attached hydrogens (tertiary/aromatic N) is 2. The predicted molar refractivity (Wildman–Crippen MR) is 115 cm³/mol. The van der Waals surface area contributed by atoms with E-state index in [1.807, 2.05) is 43.3 Å². The monoisotopic (exact) mass is 403 g/mol. The number of ether oxygens (including phenoxy) is 1. The first kappa shape index (κ1) is 21.2. The van der Waals surface area contributed by atoms with Crippen molar-refractivity contribution in [3.8, 4) is 5.75 Å². The lowest BCUT2D eigenvalue weighted by Gasteiger charge is -2.11. The fraction of sp³-hybridized carbons (Fsp3) is 0.250. The number of pyridine rings is 2. The Hall–Kier alpha value is -3.54. The average Bonchev–Trinajstić information content (AvgIpc) is 2.77. The van der Waals surface area contributed by atoms with E-state index in [9.17, 15) is 9.59 Å². The average molecular weight is 403 g/mol. The topological polar surface area (TPSA) is 81.2 Å². The zero-order valence-electron chi connectivity index (χ0n) is 17.0. The van der Waals surface area contributed by atoms with Gasteiger partial charge in [-0.1, -0.05) is 29.8 Å². The van der Waals surface area contributed by atoms with E-state index in [4.69, 9.17) is 4.74 Å². The van der Waals surface area contributed by atoms with Gasteiger partial charge in [-0.25, -0.2) is 4.98 Å². The van der Waals surface area contributed by atoms with Crippen molar-refractivity contribution in [2.45, 2.75) is 39.2 Å². The lowest BCUT2D eigenvalue weighted by Crippen LogP contribution is -2.13. The Kier molecular flexibility index (Phi) is 7.66. The number of carbonyl (C=O) groups excluding carboxylic acids is 2. The van der Waals surface area contributed by atoms with Crippen LogP contribution in [0.4, 0.5) is 5.82 Å². The molecule has 30 heavy (non-hydrogen) atoms. The molecule has 0 unspecified atom stereocenters. The highest BCUT2D eigenvalue weighted by atomic mass is 16.5. The number of hydrogen-bond donors (Lipinski definition) is 1. The van der Waals surface area contributed by atoms with Crippen LogP contribution in [-0.4, -0.2) is 21.7 Å². The number of nitrogens with one attached hydrogen (secondary N) is 1. The fourth-order valence-corrected chi connectivity index (χ4v) is 2.89. The molecule has 0 fully saturated rings. The molecule has 0 atom stereocenters. The Balaban J connectivity index is 1.43. The van der Waals surface area contributed by atoms with Gasteiger partial charge in [0.25, 0.3) is 0 Å². The van der Waals surface area contributed by atoms with Gasteiger partial charge in [-0.05, 0) is 49.6 Å². The van der Waals surface area contributed by atoms with Crippen molar-refractivity contribution < 1.29 is 14.3 Å². The Morgan fingerprint density at radius 3 is 2.43 bits per heavy atom. The second-order valence-electron chi connectivity index (χ2n) is 7.04. The van der Waals surface area contributed by atoms with E-state index in [1.165, 1.54) is 0 Å². The molecular formula is C24H25N3O3. The Labute approximate surface area is 176 Å². The molecule has 0 saturated carbocycles. The van der Waals surface area contributed by atoms with Crippen molar-refractivity contribution in [3.05, 3.63) is 83.8 Å². The molecule has 0 aliphatic rings. The molecule has 154 valence electrons. The van der Waals surface area contributed by atoms with Crippen molar-refractivity contribution in [3.63, 3.8) is 0 Å². The van der Waals surface area contributed by atoms with Crippen LogP contribution >= 0.6 is 0 Å². The quantitative estimate of drug-likeness (QED) is 0.390. The summed E-state index contributed by atoms with van der Waals surface area (Å²) in [5, 5.41) is 2.80. The number of unbranched alkanes of at least 4 members (excludes halogenated alkanes) is 1. The molecule has 0 spiro atoms. The second-order valence-corrected chi connectivity index (χ2v) is 7.04. The van der Waals surface area contributed by atoms with Crippen molar-refractivity contribution in [1.29, 1.82) is 0 Å². The second kappa shape index (κ2) is 10.9. The van der Waals surface area contributed by atoms with Crippen LogP contribution in [0.2, 0.25) is 0 Å². The Morgan fingerprint density at radius 2 is 1.67 bits per heavy atom. The van der Waals surface area contributed by atoms with Gasteiger partial charge in [0.15, 0.2) is 17.4 Å². The number of Topliss-reactive ketones (excluding diaryl/α,β-unsaturated/α-hetero) is 1. The maximum Gasteiger partial charge on any atom is 0.225 e. The first-order valence-corrected chi connectivity index (χ1v) is 9.98. The summed E-state index contributed by atoms with van der Waals surface area (Å²) in [7, 11) is 0. The fourth-order valence-electron chi connectivity index (χ4n) is 2.89. The number of hydrogen-bond acceptors (Lipinski definition) is 5. The molecule has 6 nitrogen and oxygen atoms in total. The van der Waals surface area contributed by atoms with Gasteiger partial charge in [-0.2, -0.15) is 0 Å². The lowest BCUT2D eigenvalue weighted by molar-refractivity contribution is -0.116. The minimum absolute atomic E-state index is 0.104. The minimum atomic E-state index is -0.148. The largest absolute Gasteiger partial charge is 0.485 e. The van der Waals surface area contributed by atoms with Crippen molar-refractivity contribution in [2.75, 3.05) is 5.32 Å². The number of ketones is 1. The van der Waals surface area contributed by atoms with Gasteiger partial charge in [0.2, 0.25) is 5.91 Å². The lowest BCUT2D eigenvalue weighted by atomic mass is 10.0. The molecule has 0 radical (unpaired) electrons. The summed E-state index contributed by atoms with van der Waals surface area (Å²) in [6.07, 6.45) is 7.05. The van der Waals surface area contributed by atoms with Crippen LogP contribution in [0, 0.1) is 6.92 Å². The molecule has 0 aliphatic carbocycles. The standard InChI is InChI=1S/C24H25N3O3/c1-18-8-10-20(11-9-18)21(28)5-2-3-7-23(29)27-24-22(6-4-14-26-24)30-17-19-12-15-25-16-13-19/h4,6,8-16H,2-3,5,7,17H2,1H3,(H,26,27,29). The van der Waals surface area contributed by atoms with Crippen LogP contribution in [0.1, 0.15) is 47.2 Å². The van der Waals surface area contributed by atoms with Crippen molar-refractivity contribution >= 4 is 17.5 Å². The highest BCUT2D eigenvalue weighted by Gasteiger charge is 2.10. The van der Waals surface area contributed by atoms with Crippen LogP contribution in [0.15, 0.2) is 67.1 Å². The third-order valence-corrected chi connectivity index (χ3v) is 4.60.